The summed E-state index contributed by atoms with van der Waals surface area (Å²) in [4.78, 5) is 7.00. The lowest BCUT2D eigenvalue weighted by molar-refractivity contribution is 0.125. The van der Waals surface area contributed by atoms with Crippen LogP contribution in [0, 0.1) is 0 Å². The van der Waals surface area contributed by atoms with Crippen LogP contribution in [-0.2, 0) is 5.60 Å². The molecule has 1 aromatic heterocycles. The van der Waals surface area contributed by atoms with E-state index >= 15 is 0 Å². The molecule has 1 aliphatic heterocycles. The highest BCUT2D eigenvalue weighted by Crippen LogP contribution is 2.40. The van der Waals surface area contributed by atoms with Crippen LogP contribution in [0.15, 0.2) is 79.0 Å². The molecular formula is C23H24N2O. The number of aliphatic hydroxyl groups is 1. The summed E-state index contributed by atoms with van der Waals surface area (Å²) in [5.41, 5.74) is 1.33. The van der Waals surface area contributed by atoms with E-state index in [4.69, 9.17) is 0 Å². The third kappa shape index (κ3) is 2.99. The summed E-state index contributed by atoms with van der Waals surface area (Å²) in [6.45, 7) is 1.98. The zero-order chi connectivity index (χ0) is 17.8. The van der Waals surface area contributed by atoms with Crippen molar-refractivity contribution in [2.24, 2.45) is 0 Å². The van der Waals surface area contributed by atoms with Crippen molar-refractivity contribution in [1.29, 1.82) is 0 Å². The predicted molar refractivity (Wildman–Crippen MR) is 105 cm³/mol. The quantitative estimate of drug-likeness (QED) is 0.764. The van der Waals surface area contributed by atoms with E-state index in [9.17, 15) is 5.11 Å². The Morgan fingerprint density at radius 2 is 1.31 bits per heavy atom. The molecule has 3 aromatic rings. The lowest BCUT2D eigenvalue weighted by Crippen LogP contribution is -2.36. The summed E-state index contributed by atoms with van der Waals surface area (Å²) in [5, 5.41) is 12.1. The van der Waals surface area contributed by atoms with E-state index in [1.807, 2.05) is 79.0 Å². The molecule has 3 nitrogen and oxygen atoms in total. The second-order valence-electron chi connectivity index (χ2n) is 6.86. The van der Waals surface area contributed by atoms with Crippen LogP contribution in [0.25, 0.3) is 0 Å². The SMILES string of the molecule is OC(c1ccccc1)(c1ccccc1)c1cccnc1N1CCCCC1. The number of rotatable bonds is 4. The first-order valence-corrected chi connectivity index (χ1v) is 9.34. The molecule has 26 heavy (non-hydrogen) atoms. The van der Waals surface area contributed by atoms with Crippen LogP contribution in [0.5, 0.6) is 0 Å². The van der Waals surface area contributed by atoms with Crippen molar-refractivity contribution in [3.8, 4) is 0 Å². The highest BCUT2D eigenvalue weighted by Gasteiger charge is 2.37. The molecule has 1 N–H and O–H groups in total. The molecule has 132 valence electrons. The van der Waals surface area contributed by atoms with Crippen molar-refractivity contribution in [2.75, 3.05) is 18.0 Å². The van der Waals surface area contributed by atoms with Crippen molar-refractivity contribution in [1.82, 2.24) is 4.98 Å². The second kappa shape index (κ2) is 7.30. The first-order chi connectivity index (χ1) is 12.8. The van der Waals surface area contributed by atoms with Gasteiger partial charge < -0.3 is 10.0 Å². The zero-order valence-electron chi connectivity index (χ0n) is 14.9. The topological polar surface area (TPSA) is 36.4 Å². The minimum Gasteiger partial charge on any atom is -0.376 e. The van der Waals surface area contributed by atoms with E-state index in [2.05, 4.69) is 9.88 Å². The largest absolute Gasteiger partial charge is 0.376 e. The Bertz CT molecular complexity index is 803. The van der Waals surface area contributed by atoms with Crippen LogP contribution in [0.1, 0.15) is 36.0 Å². The van der Waals surface area contributed by atoms with E-state index in [1.165, 1.54) is 19.3 Å². The number of benzene rings is 2. The molecule has 0 spiro atoms. The fraction of sp³-hybridized carbons (Fsp3) is 0.261. The molecule has 0 amide bonds. The number of hydrogen-bond acceptors (Lipinski definition) is 3. The standard InChI is InChI=1S/C23H24N2O/c26-23(19-11-4-1-5-12-19,20-13-6-2-7-14-20)21-15-10-16-24-22(21)25-17-8-3-9-18-25/h1-2,4-7,10-16,26H,3,8-9,17-18H2. The Balaban J connectivity index is 1.91. The van der Waals surface area contributed by atoms with Gasteiger partial charge in [0.05, 0.1) is 0 Å². The number of pyridine rings is 1. The van der Waals surface area contributed by atoms with Gasteiger partial charge in [0.2, 0.25) is 0 Å². The summed E-state index contributed by atoms with van der Waals surface area (Å²) in [6.07, 6.45) is 5.43. The summed E-state index contributed by atoms with van der Waals surface area (Å²) in [6, 6.07) is 23.7. The Morgan fingerprint density at radius 1 is 0.731 bits per heavy atom. The van der Waals surface area contributed by atoms with E-state index in [0.29, 0.717) is 0 Å². The lowest BCUT2D eigenvalue weighted by atomic mass is 9.80. The molecule has 0 aliphatic carbocycles. The lowest BCUT2D eigenvalue weighted by Gasteiger charge is -2.36. The summed E-state index contributed by atoms with van der Waals surface area (Å²) in [5.74, 6) is 0.891. The normalized spacial score (nSPS) is 15.0. The predicted octanol–water partition coefficient (Wildman–Crippen LogP) is 4.36. The highest BCUT2D eigenvalue weighted by molar-refractivity contribution is 5.58. The van der Waals surface area contributed by atoms with Gasteiger partial charge in [-0.3, -0.25) is 0 Å². The van der Waals surface area contributed by atoms with Gasteiger partial charge >= 0.3 is 0 Å². The molecule has 0 saturated carbocycles. The van der Waals surface area contributed by atoms with Gasteiger partial charge in [-0.15, -0.1) is 0 Å². The monoisotopic (exact) mass is 344 g/mol. The van der Waals surface area contributed by atoms with Crippen molar-refractivity contribution in [2.45, 2.75) is 24.9 Å². The fourth-order valence-corrected chi connectivity index (χ4v) is 3.87. The van der Waals surface area contributed by atoms with Gasteiger partial charge in [-0.05, 0) is 36.5 Å². The van der Waals surface area contributed by atoms with Crippen LogP contribution in [0.3, 0.4) is 0 Å². The maximum atomic E-state index is 12.1. The average Bonchev–Trinajstić information content (AvgIpc) is 2.75. The molecule has 0 atom stereocenters. The third-order valence-electron chi connectivity index (χ3n) is 5.22. The van der Waals surface area contributed by atoms with Crippen LogP contribution < -0.4 is 4.90 Å². The van der Waals surface area contributed by atoms with Crippen molar-refractivity contribution in [3.63, 3.8) is 0 Å². The summed E-state index contributed by atoms with van der Waals surface area (Å²) in [7, 11) is 0. The molecule has 2 aromatic carbocycles. The summed E-state index contributed by atoms with van der Waals surface area (Å²) < 4.78 is 0. The average molecular weight is 344 g/mol. The van der Waals surface area contributed by atoms with Crippen LogP contribution >= 0.6 is 0 Å². The minimum atomic E-state index is -1.23. The smallest absolute Gasteiger partial charge is 0.144 e. The number of aromatic nitrogens is 1. The molecule has 1 fully saturated rings. The van der Waals surface area contributed by atoms with E-state index in [1.54, 1.807) is 0 Å². The molecule has 2 heterocycles. The molecular weight excluding hydrogens is 320 g/mol. The molecule has 1 aliphatic rings. The Kier molecular flexibility index (Phi) is 4.72. The van der Waals surface area contributed by atoms with Crippen molar-refractivity contribution in [3.05, 3.63) is 95.7 Å². The summed E-state index contributed by atoms with van der Waals surface area (Å²) >= 11 is 0. The van der Waals surface area contributed by atoms with Crippen LogP contribution in [0.2, 0.25) is 0 Å². The van der Waals surface area contributed by atoms with Crippen LogP contribution in [0.4, 0.5) is 5.82 Å². The van der Waals surface area contributed by atoms with Gasteiger partial charge in [-0.2, -0.15) is 0 Å². The molecule has 1 saturated heterocycles. The van der Waals surface area contributed by atoms with Crippen LogP contribution in [-0.4, -0.2) is 23.2 Å². The number of piperidine rings is 1. The first kappa shape index (κ1) is 16.8. The van der Waals surface area contributed by atoms with Crippen molar-refractivity contribution < 1.29 is 5.11 Å². The van der Waals surface area contributed by atoms with Gasteiger partial charge in [0.25, 0.3) is 0 Å². The molecule has 3 heteroatoms. The van der Waals surface area contributed by atoms with E-state index in [0.717, 1.165) is 35.6 Å². The number of hydrogen-bond donors (Lipinski definition) is 1. The Labute approximate surface area is 155 Å². The molecule has 4 rings (SSSR count). The van der Waals surface area contributed by atoms with Crippen molar-refractivity contribution >= 4 is 5.82 Å². The van der Waals surface area contributed by atoms with Gasteiger partial charge in [0, 0.05) is 24.8 Å². The zero-order valence-corrected chi connectivity index (χ0v) is 14.9. The fourth-order valence-electron chi connectivity index (χ4n) is 3.87. The van der Waals surface area contributed by atoms with Gasteiger partial charge in [-0.1, -0.05) is 66.7 Å². The number of nitrogens with zero attached hydrogens (tertiary/aromatic N) is 2. The first-order valence-electron chi connectivity index (χ1n) is 9.34. The van der Waals surface area contributed by atoms with E-state index < -0.39 is 5.60 Å². The van der Waals surface area contributed by atoms with E-state index in [-0.39, 0.29) is 0 Å². The highest BCUT2D eigenvalue weighted by atomic mass is 16.3. The van der Waals surface area contributed by atoms with Gasteiger partial charge in [0.15, 0.2) is 0 Å². The Morgan fingerprint density at radius 3 is 1.88 bits per heavy atom. The maximum Gasteiger partial charge on any atom is 0.144 e. The molecule has 0 unspecified atom stereocenters. The molecule has 0 bridgehead atoms. The second-order valence-corrected chi connectivity index (χ2v) is 6.86. The number of anilines is 1. The Hall–Kier alpha value is -2.65. The molecule has 0 radical (unpaired) electrons. The minimum absolute atomic E-state index is 0.847. The third-order valence-corrected chi connectivity index (χ3v) is 5.22. The van der Waals surface area contributed by atoms with Gasteiger partial charge in [0.1, 0.15) is 11.4 Å². The van der Waals surface area contributed by atoms with Gasteiger partial charge in [-0.25, -0.2) is 4.98 Å². The maximum absolute atomic E-state index is 12.1.